The molecule has 0 aromatic carbocycles. The molecule has 2 aliphatic carbocycles. The van der Waals surface area contributed by atoms with Crippen molar-refractivity contribution in [2.24, 2.45) is 0 Å². The van der Waals surface area contributed by atoms with Crippen molar-refractivity contribution in [2.45, 2.75) is 111 Å². The Morgan fingerprint density at radius 2 is 0.483 bits per heavy atom. The van der Waals surface area contributed by atoms with E-state index in [2.05, 4.69) is 18.9 Å². The van der Waals surface area contributed by atoms with Crippen LogP contribution in [0.3, 0.4) is 0 Å². The molecule has 0 unspecified atom stereocenters. The summed E-state index contributed by atoms with van der Waals surface area (Å²) in [5.41, 5.74) is -5.14. The van der Waals surface area contributed by atoms with Crippen molar-refractivity contribution in [1.29, 1.82) is 0 Å². The molecule has 3 N–H and O–H groups in total. The van der Waals surface area contributed by atoms with E-state index in [1.165, 1.54) is 6.08 Å². The number of cyclic esters (lactones) is 2. The van der Waals surface area contributed by atoms with Crippen molar-refractivity contribution in [1.82, 2.24) is 0 Å². The van der Waals surface area contributed by atoms with Gasteiger partial charge in [0.05, 0.1) is 0 Å². The van der Waals surface area contributed by atoms with Gasteiger partial charge in [-0.2, -0.15) is 52.7 Å². The minimum atomic E-state index is -6.36. The maximum Gasteiger partial charge on any atom is 0.478 e. The normalized spacial score (nSPS) is 28.3. The van der Waals surface area contributed by atoms with E-state index >= 15 is 0 Å². The second-order valence-electron chi connectivity index (χ2n) is 18.8. The zero-order valence-corrected chi connectivity index (χ0v) is 42.8. The summed E-state index contributed by atoms with van der Waals surface area (Å²) in [4.78, 5) is 115. The number of aliphatic hydroxyl groups excluding tert-OH is 3. The van der Waals surface area contributed by atoms with Crippen LogP contribution in [-0.4, -0.2) is 128 Å². The van der Waals surface area contributed by atoms with Crippen LogP contribution >= 0.6 is 0 Å². The highest BCUT2D eigenvalue weighted by molar-refractivity contribution is 6.17. The molecule has 0 aromatic rings. The van der Waals surface area contributed by atoms with Crippen LogP contribution in [0, 0.1) is 0 Å². The van der Waals surface area contributed by atoms with Crippen molar-refractivity contribution < 1.29 is 168 Å². The average molecular weight is 1260 g/mol. The highest BCUT2D eigenvalue weighted by atomic mass is 19.4. The number of halogens is 12. The lowest BCUT2D eigenvalue weighted by molar-refractivity contribution is -0.456. The molecule has 2 saturated carbocycles. The summed E-state index contributed by atoms with van der Waals surface area (Å²) in [6.45, 7) is 0. The molecule has 0 amide bonds. The Labute approximate surface area is 474 Å². The lowest BCUT2D eigenvalue weighted by Gasteiger charge is -2.46. The standard InChI is InChI=1S/C51H34F12O24/c52-48(53,54)46(49(55,56)57)84-38(72)28(39(73)85-46)14-8-2-6-12-26-34(68)80-44(81-35(26)69)20-16-42(17-21-44)76-30(64)24(31(65)77-42)10-4-1-5-11-25-32(66)78-43(79-33(25)67)18-22-45(23-19-43)82-36(70)27(37(71)83-45)13-7-3-9-15-29-40(74)86-47(50(58,59)60,51(61,62)63)87-41(29)75/h1-15,64,72,74H,16-23H2. The van der Waals surface area contributed by atoms with E-state index in [0.717, 1.165) is 72.9 Å². The number of hydrogen-bond donors (Lipinski definition) is 3. The highest BCUT2D eigenvalue weighted by Gasteiger charge is 2.81. The van der Waals surface area contributed by atoms with Gasteiger partial charge in [0, 0.05) is 51.4 Å². The lowest BCUT2D eigenvalue weighted by atomic mass is 9.87. The molecule has 0 aromatic heterocycles. The van der Waals surface area contributed by atoms with Gasteiger partial charge in [0.2, 0.25) is 0 Å². The van der Waals surface area contributed by atoms with Crippen molar-refractivity contribution in [3.05, 3.63) is 142 Å². The van der Waals surface area contributed by atoms with Crippen molar-refractivity contribution in [3.8, 4) is 0 Å². The maximum absolute atomic E-state index is 13.2. The molecule has 0 atom stereocenters. The predicted octanol–water partition coefficient (Wildman–Crippen LogP) is 7.01. The molecular formula is C51H34F12O24. The summed E-state index contributed by atoms with van der Waals surface area (Å²) in [7, 11) is 0. The third-order valence-electron chi connectivity index (χ3n) is 13.1. The van der Waals surface area contributed by atoms with E-state index in [1.54, 1.807) is 0 Å². The Kier molecular flexibility index (Phi) is 16.1. The fourth-order valence-electron chi connectivity index (χ4n) is 8.74. The number of esters is 9. The minimum Gasteiger partial charge on any atom is -0.480 e. The van der Waals surface area contributed by atoms with Crippen LogP contribution in [0.25, 0.3) is 0 Å². The van der Waals surface area contributed by atoms with Crippen LogP contribution < -0.4 is 0 Å². The number of carbonyl (C=O) groups excluding carboxylic acids is 9. The van der Waals surface area contributed by atoms with E-state index in [4.69, 9.17) is 37.9 Å². The summed E-state index contributed by atoms with van der Waals surface area (Å²) in [6, 6.07) is 0. The number of hydrogen-bond acceptors (Lipinski definition) is 24. The summed E-state index contributed by atoms with van der Waals surface area (Å²) in [6.07, 6.45) is -15.1. The predicted molar refractivity (Wildman–Crippen MR) is 244 cm³/mol. The Hall–Kier alpha value is -9.93. The van der Waals surface area contributed by atoms with Crippen LogP contribution in [0.2, 0.25) is 0 Å². The maximum atomic E-state index is 13.2. The first-order chi connectivity index (χ1) is 40.3. The zero-order valence-electron chi connectivity index (χ0n) is 42.8. The highest BCUT2D eigenvalue weighted by Crippen LogP contribution is 2.53. The quantitative estimate of drug-likeness (QED) is 0.0522. The van der Waals surface area contributed by atoms with Gasteiger partial charge in [-0.3, -0.25) is 0 Å². The molecule has 466 valence electrons. The number of allylic oxidation sites excluding steroid dienone is 12. The summed E-state index contributed by atoms with van der Waals surface area (Å²) in [5, 5.41) is 30.1. The van der Waals surface area contributed by atoms with Gasteiger partial charge in [-0.1, -0.05) is 54.7 Å². The average Bonchev–Trinajstić information content (AvgIpc) is 0.908. The van der Waals surface area contributed by atoms with E-state index in [-0.39, 0.29) is 51.4 Å². The summed E-state index contributed by atoms with van der Waals surface area (Å²) in [5.74, 6) is -36.7. The van der Waals surface area contributed by atoms with E-state index < -0.39 is 164 Å². The van der Waals surface area contributed by atoms with Crippen LogP contribution in [0.15, 0.2) is 142 Å². The molecular weight excluding hydrogens is 1220 g/mol. The Balaban J connectivity index is 0.790. The van der Waals surface area contributed by atoms with Crippen molar-refractivity contribution in [2.75, 3.05) is 0 Å². The first-order valence-electron chi connectivity index (χ1n) is 24.2. The summed E-state index contributed by atoms with van der Waals surface area (Å²) >= 11 is 0. The molecule has 36 heteroatoms. The van der Waals surface area contributed by atoms with Gasteiger partial charge < -0.3 is 72.2 Å². The topological polar surface area (TPSA) is 325 Å². The van der Waals surface area contributed by atoms with Crippen LogP contribution in [-0.2, 0) is 100.0 Å². The molecule has 87 heavy (non-hydrogen) atoms. The van der Waals surface area contributed by atoms with Gasteiger partial charge in [-0.05, 0) is 36.5 Å². The molecule has 6 aliphatic heterocycles. The van der Waals surface area contributed by atoms with E-state index in [9.17, 15) is 111 Å². The first-order valence-corrected chi connectivity index (χ1v) is 24.2. The van der Waals surface area contributed by atoms with Crippen molar-refractivity contribution in [3.63, 3.8) is 0 Å². The fourth-order valence-corrected chi connectivity index (χ4v) is 8.74. The van der Waals surface area contributed by atoms with E-state index in [0.29, 0.717) is 12.2 Å². The molecule has 8 aliphatic rings. The van der Waals surface area contributed by atoms with Gasteiger partial charge in [-0.15, -0.1) is 0 Å². The van der Waals surface area contributed by atoms with Gasteiger partial charge in [0.1, 0.15) is 33.4 Å². The lowest BCUT2D eigenvalue weighted by Crippen LogP contribution is -2.63. The fraction of sp³-hybridized carbons (Fsp3) is 0.353. The smallest absolute Gasteiger partial charge is 0.478 e. The minimum absolute atomic E-state index is 0.333. The molecule has 5 fully saturated rings. The SMILES string of the molecule is O=C1OC2(CCC3(CC2)OC(=O)C(=CC=CC=CC2=C(O)OC(C(F)(F)F)(C(F)(F)F)OC2=O)C(=O)O3)OC(=O)C1=CC=CC=CC1=C(O)OC2(CCC3(CC2)OC(=O)C(=CC=CC=CC2=C(O)OC(C(F)(F)F)(C(F)(F)F)OC2=O)C(=O)O3)OC1=O. The van der Waals surface area contributed by atoms with E-state index in [1.807, 2.05) is 0 Å². The third kappa shape index (κ3) is 12.1. The van der Waals surface area contributed by atoms with Gasteiger partial charge in [0.15, 0.2) is 0 Å². The monoisotopic (exact) mass is 1260 g/mol. The molecule has 6 heterocycles. The summed E-state index contributed by atoms with van der Waals surface area (Å²) < 4.78 is 216. The number of alkyl halides is 12. The second kappa shape index (κ2) is 22.2. The zero-order chi connectivity index (χ0) is 64.1. The molecule has 3 saturated heterocycles. The molecule has 8 rings (SSSR count). The Morgan fingerprint density at radius 3 is 0.701 bits per heavy atom. The molecule has 24 nitrogen and oxygen atoms in total. The third-order valence-corrected chi connectivity index (χ3v) is 13.1. The van der Waals surface area contributed by atoms with Gasteiger partial charge >= 0.3 is 90.0 Å². The Morgan fingerprint density at radius 1 is 0.276 bits per heavy atom. The van der Waals surface area contributed by atoms with Crippen LogP contribution in [0.5, 0.6) is 0 Å². The van der Waals surface area contributed by atoms with Crippen LogP contribution in [0.4, 0.5) is 52.7 Å². The van der Waals surface area contributed by atoms with Gasteiger partial charge in [-0.25, -0.2) is 43.2 Å². The second-order valence-corrected chi connectivity index (χ2v) is 18.8. The Bertz CT molecular complexity index is 3300. The number of ether oxygens (including phenoxy) is 12. The number of aliphatic hydroxyl groups is 3. The van der Waals surface area contributed by atoms with Crippen LogP contribution in [0.1, 0.15) is 51.4 Å². The van der Waals surface area contributed by atoms with Gasteiger partial charge in [0.25, 0.3) is 41.0 Å². The molecule has 0 radical (unpaired) electrons. The largest absolute Gasteiger partial charge is 0.480 e. The first kappa shape index (κ1) is 63.1. The molecule has 0 bridgehead atoms. The van der Waals surface area contributed by atoms with Crippen molar-refractivity contribution >= 4 is 53.7 Å². The number of rotatable bonds is 9. The molecule has 4 spiro atoms. The number of carbonyl (C=O) groups is 9.